The second kappa shape index (κ2) is 3.84. The largest absolute Gasteiger partial charge is 0.497 e. The fourth-order valence-electron chi connectivity index (χ4n) is 1.51. The first kappa shape index (κ1) is 10.5. The minimum Gasteiger partial charge on any atom is -0.497 e. The third-order valence-corrected chi connectivity index (χ3v) is 2.29. The highest BCUT2D eigenvalue weighted by Gasteiger charge is 2.13. The molecule has 0 spiro atoms. The van der Waals surface area contributed by atoms with Crippen LogP contribution in [0, 0.1) is 5.82 Å². The third-order valence-electron chi connectivity index (χ3n) is 2.29. The van der Waals surface area contributed by atoms with E-state index in [-0.39, 0.29) is 11.2 Å². The zero-order chi connectivity index (χ0) is 11.7. The summed E-state index contributed by atoms with van der Waals surface area (Å²) in [7, 11) is 2.72. The van der Waals surface area contributed by atoms with Crippen LogP contribution in [-0.2, 0) is 4.74 Å². The van der Waals surface area contributed by atoms with E-state index in [0.29, 0.717) is 11.1 Å². The van der Waals surface area contributed by atoms with Crippen LogP contribution in [0.3, 0.4) is 0 Å². The van der Waals surface area contributed by atoms with Gasteiger partial charge in [-0.05, 0) is 12.1 Å². The van der Waals surface area contributed by atoms with E-state index in [1.165, 1.54) is 26.4 Å². The average molecular weight is 223 g/mol. The summed E-state index contributed by atoms with van der Waals surface area (Å²) in [6, 6.07) is 4.41. The molecule has 0 saturated heterocycles. The van der Waals surface area contributed by atoms with Crippen LogP contribution in [-0.4, -0.2) is 25.2 Å². The lowest BCUT2D eigenvalue weighted by Gasteiger charge is -1.99. The summed E-state index contributed by atoms with van der Waals surface area (Å²) in [6.07, 6.45) is 0. The molecule has 16 heavy (non-hydrogen) atoms. The molecule has 5 heteroatoms. The predicted molar refractivity (Wildman–Crippen MR) is 56.1 cm³/mol. The molecule has 0 aliphatic heterocycles. The molecule has 0 unspecified atom stereocenters. The van der Waals surface area contributed by atoms with Gasteiger partial charge in [0.15, 0.2) is 5.82 Å². The number of halogens is 1. The number of esters is 1. The Bertz CT molecular complexity index is 547. The van der Waals surface area contributed by atoms with Crippen molar-refractivity contribution < 1.29 is 18.7 Å². The number of hydrogen-bond acceptors (Lipinski definition) is 3. The van der Waals surface area contributed by atoms with Crippen LogP contribution >= 0.6 is 0 Å². The number of nitrogens with one attached hydrogen (secondary N) is 1. The number of benzene rings is 1. The number of aromatic amines is 1. The Labute approximate surface area is 91.0 Å². The van der Waals surface area contributed by atoms with Crippen molar-refractivity contribution in [3.63, 3.8) is 0 Å². The van der Waals surface area contributed by atoms with Gasteiger partial charge in [0.25, 0.3) is 0 Å². The summed E-state index contributed by atoms with van der Waals surface area (Å²) in [5, 5.41) is 0.567. The zero-order valence-electron chi connectivity index (χ0n) is 8.83. The maximum atomic E-state index is 13.6. The third kappa shape index (κ3) is 1.60. The van der Waals surface area contributed by atoms with Crippen molar-refractivity contribution in [2.45, 2.75) is 0 Å². The predicted octanol–water partition coefficient (Wildman–Crippen LogP) is 2.10. The molecular formula is C11H10FNO3. The molecule has 0 radical (unpaired) electrons. The van der Waals surface area contributed by atoms with Gasteiger partial charge in [-0.1, -0.05) is 0 Å². The van der Waals surface area contributed by atoms with Crippen molar-refractivity contribution >= 4 is 16.9 Å². The molecule has 0 fully saturated rings. The Morgan fingerprint density at radius 2 is 2.06 bits per heavy atom. The standard InChI is InChI=1S/C11H10FNO3/c1-15-7-3-6-4-9(11(14)16-2)13-10(6)8(12)5-7/h3-5,13H,1-2H3. The second-order valence-electron chi connectivity index (χ2n) is 3.25. The number of methoxy groups -OCH3 is 2. The van der Waals surface area contributed by atoms with Crippen LogP contribution in [0.5, 0.6) is 5.75 Å². The summed E-state index contributed by atoms with van der Waals surface area (Å²) < 4.78 is 23.0. The van der Waals surface area contributed by atoms with Gasteiger partial charge in [0.1, 0.15) is 11.4 Å². The van der Waals surface area contributed by atoms with Crippen LogP contribution in [0.15, 0.2) is 18.2 Å². The van der Waals surface area contributed by atoms with Crippen LogP contribution in [0.1, 0.15) is 10.5 Å². The molecule has 1 aromatic heterocycles. The van der Waals surface area contributed by atoms with Crippen molar-refractivity contribution in [3.05, 3.63) is 29.7 Å². The zero-order valence-corrected chi connectivity index (χ0v) is 8.83. The van der Waals surface area contributed by atoms with E-state index in [2.05, 4.69) is 9.72 Å². The van der Waals surface area contributed by atoms with Gasteiger partial charge in [-0.15, -0.1) is 0 Å². The molecule has 0 aliphatic rings. The molecule has 84 valence electrons. The number of carbonyl (C=O) groups is 1. The van der Waals surface area contributed by atoms with Gasteiger partial charge in [-0.25, -0.2) is 9.18 Å². The Kier molecular flexibility index (Phi) is 2.52. The summed E-state index contributed by atoms with van der Waals surface area (Å²) in [5.74, 6) is -0.598. The first-order chi connectivity index (χ1) is 7.65. The monoisotopic (exact) mass is 223 g/mol. The topological polar surface area (TPSA) is 51.3 Å². The van der Waals surface area contributed by atoms with Crippen LogP contribution in [0.2, 0.25) is 0 Å². The molecule has 0 saturated carbocycles. The normalized spacial score (nSPS) is 10.4. The van der Waals surface area contributed by atoms with Gasteiger partial charge in [0, 0.05) is 11.5 Å². The summed E-state index contributed by atoms with van der Waals surface area (Å²) in [5.41, 5.74) is 0.478. The Balaban J connectivity index is 2.61. The van der Waals surface area contributed by atoms with E-state index < -0.39 is 11.8 Å². The maximum Gasteiger partial charge on any atom is 0.354 e. The van der Waals surface area contributed by atoms with Crippen LogP contribution in [0.4, 0.5) is 4.39 Å². The minimum atomic E-state index is -0.533. The number of hydrogen-bond donors (Lipinski definition) is 1. The van der Waals surface area contributed by atoms with Crippen molar-refractivity contribution in [1.29, 1.82) is 0 Å². The van der Waals surface area contributed by atoms with E-state index >= 15 is 0 Å². The fraction of sp³-hybridized carbons (Fsp3) is 0.182. The molecule has 0 amide bonds. The second-order valence-corrected chi connectivity index (χ2v) is 3.25. The lowest BCUT2D eigenvalue weighted by molar-refractivity contribution is 0.0595. The summed E-state index contributed by atoms with van der Waals surface area (Å²) in [4.78, 5) is 13.9. The molecule has 1 aromatic carbocycles. The quantitative estimate of drug-likeness (QED) is 0.793. The smallest absolute Gasteiger partial charge is 0.354 e. The number of H-pyrrole nitrogens is 1. The number of fused-ring (bicyclic) bond motifs is 1. The number of carbonyl (C=O) groups excluding carboxylic acids is 1. The van der Waals surface area contributed by atoms with E-state index in [4.69, 9.17) is 4.74 Å². The molecule has 0 aliphatic carbocycles. The van der Waals surface area contributed by atoms with Crippen LogP contribution in [0.25, 0.3) is 10.9 Å². The summed E-state index contributed by atoms with van der Waals surface area (Å²) in [6.45, 7) is 0. The van der Waals surface area contributed by atoms with Crippen molar-refractivity contribution in [2.75, 3.05) is 14.2 Å². The van der Waals surface area contributed by atoms with Gasteiger partial charge in [-0.3, -0.25) is 0 Å². The van der Waals surface area contributed by atoms with E-state index in [1.807, 2.05) is 0 Å². The highest BCUT2D eigenvalue weighted by molar-refractivity contribution is 5.95. The van der Waals surface area contributed by atoms with E-state index in [9.17, 15) is 9.18 Å². The highest BCUT2D eigenvalue weighted by atomic mass is 19.1. The first-order valence-electron chi connectivity index (χ1n) is 4.60. The number of rotatable bonds is 2. The van der Waals surface area contributed by atoms with Gasteiger partial charge >= 0.3 is 5.97 Å². The number of aromatic nitrogens is 1. The molecule has 1 heterocycles. The van der Waals surface area contributed by atoms with Crippen molar-refractivity contribution in [2.24, 2.45) is 0 Å². The Hall–Kier alpha value is -2.04. The molecule has 4 nitrogen and oxygen atoms in total. The highest BCUT2D eigenvalue weighted by Crippen LogP contribution is 2.24. The molecule has 2 aromatic rings. The van der Waals surface area contributed by atoms with Gasteiger partial charge in [-0.2, -0.15) is 0 Å². The van der Waals surface area contributed by atoms with Gasteiger partial charge in [0.2, 0.25) is 0 Å². The summed E-state index contributed by atoms with van der Waals surface area (Å²) >= 11 is 0. The molecule has 2 rings (SSSR count). The SMILES string of the molecule is COC(=O)c1cc2cc(OC)cc(F)c2[nH]1. The van der Waals surface area contributed by atoms with Crippen molar-refractivity contribution in [1.82, 2.24) is 4.98 Å². The van der Waals surface area contributed by atoms with E-state index in [0.717, 1.165) is 0 Å². The first-order valence-corrected chi connectivity index (χ1v) is 4.60. The average Bonchev–Trinajstić information content (AvgIpc) is 2.72. The number of ether oxygens (including phenoxy) is 2. The Morgan fingerprint density at radius 1 is 1.31 bits per heavy atom. The van der Waals surface area contributed by atoms with Gasteiger partial charge in [0.05, 0.1) is 19.7 Å². The lowest BCUT2D eigenvalue weighted by atomic mass is 10.2. The minimum absolute atomic E-state index is 0.213. The molecule has 0 atom stereocenters. The molecular weight excluding hydrogens is 213 g/mol. The molecule has 1 N–H and O–H groups in total. The van der Waals surface area contributed by atoms with E-state index in [1.54, 1.807) is 6.07 Å². The van der Waals surface area contributed by atoms with Crippen LogP contribution < -0.4 is 4.74 Å². The Morgan fingerprint density at radius 3 is 2.69 bits per heavy atom. The molecule has 0 bridgehead atoms. The lowest BCUT2D eigenvalue weighted by Crippen LogP contribution is -2.00. The van der Waals surface area contributed by atoms with Gasteiger partial charge < -0.3 is 14.5 Å². The maximum absolute atomic E-state index is 13.6. The fourth-order valence-corrected chi connectivity index (χ4v) is 1.51. The van der Waals surface area contributed by atoms with Crippen molar-refractivity contribution in [3.8, 4) is 5.75 Å².